The molecule has 0 spiro atoms. The van der Waals surface area contributed by atoms with Crippen LogP contribution in [0.4, 0.5) is 10.1 Å². The second kappa shape index (κ2) is 8.72. The van der Waals surface area contributed by atoms with E-state index < -0.39 is 23.2 Å². The molecule has 2 aromatic rings. The summed E-state index contributed by atoms with van der Waals surface area (Å²) in [5.74, 6) is -2.03. The zero-order valence-corrected chi connectivity index (χ0v) is 18.3. The maximum Gasteiger partial charge on any atom is 0.358 e. The number of fused-ring (bicyclic) bond motifs is 1. The number of benzene rings is 1. The van der Waals surface area contributed by atoms with Crippen LogP contribution in [0.2, 0.25) is 0 Å². The van der Waals surface area contributed by atoms with Gasteiger partial charge >= 0.3 is 5.97 Å². The van der Waals surface area contributed by atoms with Crippen molar-refractivity contribution in [2.24, 2.45) is 0 Å². The third-order valence-electron chi connectivity index (χ3n) is 6.13. The van der Waals surface area contributed by atoms with Gasteiger partial charge in [-0.2, -0.15) is 5.10 Å². The summed E-state index contributed by atoms with van der Waals surface area (Å²) in [6.45, 7) is 3.51. The first-order valence-electron chi connectivity index (χ1n) is 11.0. The smallest absolute Gasteiger partial charge is 0.358 e. The van der Waals surface area contributed by atoms with Crippen LogP contribution >= 0.6 is 0 Å². The maximum atomic E-state index is 14.0. The summed E-state index contributed by atoms with van der Waals surface area (Å²) >= 11 is 0. The normalized spacial score (nSPS) is 21.2. The molecule has 1 aromatic carbocycles. The van der Waals surface area contributed by atoms with Crippen LogP contribution < -0.4 is 10.2 Å². The first-order chi connectivity index (χ1) is 15.3. The van der Waals surface area contributed by atoms with Crippen LogP contribution in [0, 0.1) is 5.82 Å². The summed E-state index contributed by atoms with van der Waals surface area (Å²) in [6.07, 6.45) is 5.00. The Morgan fingerprint density at radius 3 is 2.69 bits per heavy atom. The van der Waals surface area contributed by atoms with Crippen molar-refractivity contribution in [3.63, 3.8) is 0 Å². The van der Waals surface area contributed by atoms with Gasteiger partial charge in [0.05, 0.1) is 13.2 Å². The molecule has 0 unspecified atom stereocenters. The summed E-state index contributed by atoms with van der Waals surface area (Å²) in [7, 11) is 0. The van der Waals surface area contributed by atoms with Crippen molar-refractivity contribution in [1.82, 2.24) is 15.1 Å². The largest absolute Gasteiger partial charge is 0.461 e. The van der Waals surface area contributed by atoms with Gasteiger partial charge in [-0.15, -0.1) is 0 Å². The molecule has 32 heavy (non-hydrogen) atoms. The molecule has 0 bridgehead atoms. The number of halogens is 1. The van der Waals surface area contributed by atoms with Gasteiger partial charge in [0.25, 0.3) is 5.91 Å². The fourth-order valence-corrected chi connectivity index (χ4v) is 4.49. The molecule has 170 valence electrons. The summed E-state index contributed by atoms with van der Waals surface area (Å²) in [5, 5.41) is 7.32. The number of carbonyl (C=O) groups is 3. The minimum atomic E-state index is -1.37. The molecule has 2 amide bonds. The fourth-order valence-electron chi connectivity index (χ4n) is 4.49. The lowest BCUT2D eigenvalue weighted by molar-refractivity contribution is -0.127. The Morgan fingerprint density at radius 2 is 2.00 bits per heavy atom. The van der Waals surface area contributed by atoms with E-state index in [1.54, 1.807) is 19.9 Å². The Labute approximate surface area is 185 Å². The van der Waals surface area contributed by atoms with Gasteiger partial charge in [0.1, 0.15) is 17.1 Å². The standard InChI is InChI=1S/C23H27FN4O4/c1-3-32-21(30)18-13-19-20(29)28(17-11-7-8-15(24)12-17)23(2,14-27(19)26-18)22(31)25-16-9-5-4-6-10-16/h7-8,11-13,16H,3-6,9-10,14H2,1-2H3,(H,25,31)/t23-/m1/s1. The monoisotopic (exact) mass is 442 g/mol. The number of hydrogen-bond donors (Lipinski definition) is 1. The van der Waals surface area contributed by atoms with Gasteiger partial charge in [0.15, 0.2) is 5.69 Å². The van der Waals surface area contributed by atoms with E-state index in [4.69, 9.17) is 4.74 Å². The van der Waals surface area contributed by atoms with Crippen LogP contribution in [0.1, 0.15) is 66.9 Å². The molecule has 8 nitrogen and oxygen atoms in total. The second-order valence-electron chi connectivity index (χ2n) is 8.50. The van der Waals surface area contributed by atoms with Gasteiger partial charge in [-0.25, -0.2) is 9.18 Å². The SMILES string of the molecule is CCOC(=O)c1cc2n(n1)C[C@](C)(C(=O)NC1CCCCC1)N(c1cccc(F)c1)C2=O. The number of amides is 2. The number of nitrogens with one attached hydrogen (secondary N) is 1. The Bertz CT molecular complexity index is 1050. The molecule has 4 rings (SSSR count). The van der Waals surface area contributed by atoms with Gasteiger partial charge in [-0.1, -0.05) is 25.3 Å². The summed E-state index contributed by atoms with van der Waals surface area (Å²) in [6, 6.07) is 6.97. The van der Waals surface area contributed by atoms with Crippen LogP contribution in [0.25, 0.3) is 0 Å². The molecular weight excluding hydrogens is 415 g/mol. The zero-order chi connectivity index (χ0) is 22.9. The third-order valence-corrected chi connectivity index (χ3v) is 6.13. The van der Waals surface area contributed by atoms with Crippen LogP contribution in [-0.4, -0.2) is 45.8 Å². The number of hydrogen-bond acceptors (Lipinski definition) is 5. The van der Waals surface area contributed by atoms with Gasteiger partial charge in [-0.05, 0) is 44.9 Å². The number of aromatic nitrogens is 2. The lowest BCUT2D eigenvalue weighted by Crippen LogP contribution is -2.65. The van der Waals surface area contributed by atoms with E-state index >= 15 is 0 Å². The second-order valence-corrected chi connectivity index (χ2v) is 8.50. The van der Waals surface area contributed by atoms with E-state index in [2.05, 4.69) is 10.4 Å². The maximum absolute atomic E-state index is 14.0. The highest BCUT2D eigenvalue weighted by molar-refractivity contribution is 6.12. The van der Waals surface area contributed by atoms with Crippen LogP contribution in [0.15, 0.2) is 30.3 Å². The van der Waals surface area contributed by atoms with Crippen molar-refractivity contribution >= 4 is 23.5 Å². The van der Waals surface area contributed by atoms with Gasteiger partial charge in [0.2, 0.25) is 5.91 Å². The zero-order valence-electron chi connectivity index (χ0n) is 18.3. The average molecular weight is 442 g/mol. The number of esters is 1. The first kappa shape index (κ1) is 22.0. The first-order valence-corrected chi connectivity index (χ1v) is 11.0. The number of ether oxygens (including phenoxy) is 1. The fraction of sp³-hybridized carbons (Fsp3) is 0.478. The van der Waals surface area contributed by atoms with E-state index in [0.29, 0.717) is 0 Å². The predicted molar refractivity (Wildman–Crippen MR) is 115 cm³/mol. The molecular formula is C23H27FN4O4. The predicted octanol–water partition coefficient (Wildman–Crippen LogP) is 3.07. The number of nitrogens with zero attached hydrogens (tertiary/aromatic N) is 3. The molecule has 0 radical (unpaired) electrons. The molecule has 1 fully saturated rings. The Kier molecular flexibility index (Phi) is 5.99. The molecule has 1 N–H and O–H groups in total. The van der Waals surface area contributed by atoms with Crippen molar-refractivity contribution in [3.05, 3.63) is 47.5 Å². The van der Waals surface area contributed by atoms with E-state index in [1.165, 1.54) is 33.8 Å². The number of carbonyl (C=O) groups excluding carboxylic acids is 3. The lowest BCUT2D eigenvalue weighted by Gasteiger charge is -2.44. The van der Waals surface area contributed by atoms with E-state index in [1.807, 2.05) is 0 Å². The molecule has 1 aliphatic carbocycles. The van der Waals surface area contributed by atoms with Crippen molar-refractivity contribution < 1.29 is 23.5 Å². The Hall–Kier alpha value is -3.23. The van der Waals surface area contributed by atoms with Crippen LogP contribution in [-0.2, 0) is 16.1 Å². The highest BCUT2D eigenvalue weighted by atomic mass is 19.1. The van der Waals surface area contributed by atoms with Gasteiger partial charge in [-0.3, -0.25) is 19.2 Å². The quantitative estimate of drug-likeness (QED) is 0.719. The highest BCUT2D eigenvalue weighted by Crippen LogP contribution is 2.33. The van der Waals surface area contributed by atoms with Crippen molar-refractivity contribution in [1.29, 1.82) is 0 Å². The minimum Gasteiger partial charge on any atom is -0.461 e. The average Bonchev–Trinajstić information content (AvgIpc) is 3.19. The summed E-state index contributed by atoms with van der Waals surface area (Å²) in [5.41, 5.74) is -0.971. The van der Waals surface area contributed by atoms with E-state index in [-0.39, 0.29) is 42.2 Å². The van der Waals surface area contributed by atoms with E-state index in [9.17, 15) is 18.8 Å². The van der Waals surface area contributed by atoms with Crippen molar-refractivity contribution in [2.75, 3.05) is 11.5 Å². The van der Waals surface area contributed by atoms with Crippen molar-refractivity contribution in [2.45, 2.75) is 64.1 Å². The topological polar surface area (TPSA) is 93.5 Å². The van der Waals surface area contributed by atoms with E-state index in [0.717, 1.165) is 32.1 Å². The van der Waals surface area contributed by atoms with Crippen LogP contribution in [0.5, 0.6) is 0 Å². The lowest BCUT2D eigenvalue weighted by atomic mass is 9.91. The van der Waals surface area contributed by atoms with Crippen LogP contribution in [0.3, 0.4) is 0 Å². The van der Waals surface area contributed by atoms with Gasteiger partial charge in [0, 0.05) is 17.8 Å². The highest BCUT2D eigenvalue weighted by Gasteiger charge is 2.49. The molecule has 0 saturated heterocycles. The Balaban J connectivity index is 1.74. The van der Waals surface area contributed by atoms with Gasteiger partial charge < -0.3 is 10.1 Å². The molecule has 1 saturated carbocycles. The molecule has 1 aromatic heterocycles. The minimum absolute atomic E-state index is 0.00803. The third kappa shape index (κ3) is 3.99. The molecule has 9 heteroatoms. The molecule has 2 heterocycles. The molecule has 2 aliphatic rings. The summed E-state index contributed by atoms with van der Waals surface area (Å²) < 4.78 is 20.4. The molecule has 1 aliphatic heterocycles. The molecule has 1 atom stereocenters. The number of rotatable bonds is 5. The Morgan fingerprint density at radius 1 is 1.25 bits per heavy atom. The van der Waals surface area contributed by atoms with Crippen molar-refractivity contribution in [3.8, 4) is 0 Å². The number of anilines is 1. The summed E-state index contributed by atoms with van der Waals surface area (Å²) in [4.78, 5) is 40.5.